The molecule has 3 aromatic carbocycles. The van der Waals surface area contributed by atoms with E-state index in [2.05, 4.69) is 6.92 Å². The molecule has 1 atom stereocenters. The van der Waals surface area contributed by atoms with E-state index in [1.54, 1.807) is 18.2 Å². The molecule has 0 saturated carbocycles. The normalized spacial score (nSPS) is 17.4. The first-order chi connectivity index (χ1) is 20.5. The van der Waals surface area contributed by atoms with Crippen molar-refractivity contribution in [2.24, 2.45) is 0 Å². The molecule has 5 rings (SSSR count). The number of benzene rings is 3. The summed E-state index contributed by atoms with van der Waals surface area (Å²) in [6.45, 7) is 6.12. The van der Waals surface area contributed by atoms with Gasteiger partial charge in [0.15, 0.2) is 23.0 Å². The van der Waals surface area contributed by atoms with E-state index in [1.165, 1.54) is 4.90 Å². The summed E-state index contributed by atoms with van der Waals surface area (Å²) in [6.07, 6.45) is 3.63. The summed E-state index contributed by atoms with van der Waals surface area (Å²) < 4.78 is 23.3. The van der Waals surface area contributed by atoms with Gasteiger partial charge >= 0.3 is 0 Å². The van der Waals surface area contributed by atoms with Crippen LogP contribution in [0.2, 0.25) is 0 Å². The number of carbonyl (C=O) groups excluding carboxylic acids is 2. The number of rotatable bonds is 12. The molecule has 1 saturated heterocycles. The monoisotopic (exact) mass is 571 g/mol. The quantitative estimate of drug-likeness (QED) is 0.122. The van der Waals surface area contributed by atoms with Crippen molar-refractivity contribution >= 4 is 17.4 Å². The summed E-state index contributed by atoms with van der Waals surface area (Å²) >= 11 is 0. The molecular weight excluding hydrogens is 534 g/mol. The van der Waals surface area contributed by atoms with Crippen LogP contribution in [0.15, 0.2) is 72.3 Å². The van der Waals surface area contributed by atoms with Crippen molar-refractivity contribution in [2.45, 2.75) is 45.6 Å². The second-order valence-electron chi connectivity index (χ2n) is 10.3. The van der Waals surface area contributed by atoms with Crippen LogP contribution in [0.25, 0.3) is 5.76 Å². The number of hydrogen-bond acceptors (Lipinski definition) is 7. The van der Waals surface area contributed by atoms with Crippen molar-refractivity contribution in [3.63, 3.8) is 0 Å². The summed E-state index contributed by atoms with van der Waals surface area (Å²) in [5.41, 5.74) is 2.07. The molecule has 1 N–H and O–H groups in total. The van der Waals surface area contributed by atoms with Crippen molar-refractivity contribution in [1.29, 1.82) is 0 Å². The third kappa shape index (κ3) is 6.22. The van der Waals surface area contributed by atoms with Gasteiger partial charge in [0.2, 0.25) is 0 Å². The number of unbranched alkanes of at least 4 members (excludes halogenated alkanes) is 2. The summed E-state index contributed by atoms with van der Waals surface area (Å²) in [6, 6.07) is 19.4. The van der Waals surface area contributed by atoms with Crippen LogP contribution in [0.1, 0.15) is 55.8 Å². The number of ether oxygens (including phenoxy) is 4. The Bertz CT molecular complexity index is 1450. The first-order valence-corrected chi connectivity index (χ1v) is 14.6. The topological polar surface area (TPSA) is 94.5 Å². The van der Waals surface area contributed by atoms with Crippen molar-refractivity contribution in [3.8, 4) is 23.0 Å². The van der Waals surface area contributed by atoms with E-state index in [0.717, 1.165) is 24.8 Å². The van der Waals surface area contributed by atoms with Crippen molar-refractivity contribution in [3.05, 3.63) is 89.0 Å². The first kappa shape index (κ1) is 29.0. The van der Waals surface area contributed by atoms with Crippen LogP contribution in [0.5, 0.6) is 23.0 Å². The highest BCUT2D eigenvalue weighted by molar-refractivity contribution is 6.46. The Morgan fingerprint density at radius 2 is 1.69 bits per heavy atom. The van der Waals surface area contributed by atoms with E-state index < -0.39 is 17.7 Å². The van der Waals surface area contributed by atoms with Crippen molar-refractivity contribution in [1.82, 2.24) is 4.90 Å². The van der Waals surface area contributed by atoms with Crippen LogP contribution >= 0.6 is 0 Å². The molecule has 8 nitrogen and oxygen atoms in total. The van der Waals surface area contributed by atoms with Crippen LogP contribution in [-0.4, -0.2) is 54.7 Å². The molecule has 2 aliphatic heterocycles. The Kier molecular flexibility index (Phi) is 9.31. The number of nitrogens with zero attached hydrogens (tertiary/aromatic N) is 1. The number of ketones is 1. The van der Waals surface area contributed by atoms with E-state index in [1.807, 2.05) is 55.5 Å². The lowest BCUT2D eigenvalue weighted by atomic mass is 9.94. The SMILES string of the molecule is CCCCCOc1ccc([C@@H]2/C(=C(\O)c3ccc4c(c3)OCCO4)C(=O)C(=O)N2CCc2ccccc2)cc1OCC. The fourth-order valence-electron chi connectivity index (χ4n) is 5.31. The van der Waals surface area contributed by atoms with Gasteiger partial charge in [0.05, 0.1) is 24.8 Å². The minimum absolute atomic E-state index is 0.0174. The molecule has 42 heavy (non-hydrogen) atoms. The van der Waals surface area contributed by atoms with E-state index in [-0.39, 0.29) is 17.9 Å². The van der Waals surface area contributed by atoms with Gasteiger partial charge in [-0.3, -0.25) is 9.59 Å². The Morgan fingerprint density at radius 1 is 0.905 bits per heavy atom. The van der Waals surface area contributed by atoms with E-state index in [0.29, 0.717) is 67.0 Å². The highest BCUT2D eigenvalue weighted by atomic mass is 16.6. The minimum Gasteiger partial charge on any atom is -0.507 e. The second kappa shape index (κ2) is 13.5. The predicted octanol–water partition coefficient (Wildman–Crippen LogP) is 6.09. The van der Waals surface area contributed by atoms with Crippen LogP contribution in [0.4, 0.5) is 0 Å². The molecule has 1 fully saturated rings. The molecule has 0 bridgehead atoms. The zero-order valence-corrected chi connectivity index (χ0v) is 24.1. The molecule has 0 aromatic heterocycles. The smallest absolute Gasteiger partial charge is 0.295 e. The zero-order chi connectivity index (χ0) is 29.5. The fraction of sp³-hybridized carbons (Fsp3) is 0.353. The predicted molar refractivity (Wildman–Crippen MR) is 159 cm³/mol. The molecule has 1 amide bonds. The summed E-state index contributed by atoms with van der Waals surface area (Å²) in [5, 5.41) is 11.6. The van der Waals surface area contributed by atoms with E-state index in [9.17, 15) is 14.7 Å². The number of aliphatic hydroxyl groups excluding tert-OH is 1. The van der Waals surface area contributed by atoms with E-state index >= 15 is 0 Å². The molecular formula is C34H37NO7. The fourth-order valence-corrected chi connectivity index (χ4v) is 5.31. The standard InChI is InChI=1S/C34H37NO7/c1-3-5-9-18-40-26-14-12-24(21-28(26)39-4-2)31-30(32(36)25-13-15-27-29(22-25)42-20-19-41-27)33(37)34(38)35(31)17-16-23-10-7-6-8-11-23/h6-8,10-15,21-22,31,36H,3-5,9,16-20H2,1-2H3/b32-30+/t31-/m1/s1. The van der Waals surface area contributed by atoms with Crippen LogP contribution in [0.3, 0.4) is 0 Å². The summed E-state index contributed by atoms with van der Waals surface area (Å²) in [7, 11) is 0. The molecule has 220 valence electrons. The number of fused-ring (bicyclic) bond motifs is 1. The van der Waals surface area contributed by atoms with Gasteiger partial charge in [-0.2, -0.15) is 0 Å². The number of amides is 1. The van der Waals surface area contributed by atoms with Gasteiger partial charge < -0.3 is 29.0 Å². The van der Waals surface area contributed by atoms with Crippen LogP contribution < -0.4 is 18.9 Å². The van der Waals surface area contributed by atoms with Crippen LogP contribution in [0, 0.1) is 0 Å². The van der Waals surface area contributed by atoms with Crippen LogP contribution in [-0.2, 0) is 16.0 Å². The maximum absolute atomic E-state index is 13.6. The highest BCUT2D eigenvalue weighted by Crippen LogP contribution is 2.43. The molecule has 0 aliphatic carbocycles. The van der Waals surface area contributed by atoms with Gasteiger partial charge in [-0.1, -0.05) is 56.2 Å². The molecule has 0 spiro atoms. The third-order valence-corrected chi connectivity index (χ3v) is 7.43. The largest absolute Gasteiger partial charge is 0.507 e. The van der Waals surface area contributed by atoms with Gasteiger partial charge in [0.25, 0.3) is 11.7 Å². The van der Waals surface area contributed by atoms with Gasteiger partial charge in [-0.25, -0.2) is 0 Å². The minimum atomic E-state index is -0.824. The Labute approximate surface area is 246 Å². The number of carbonyl (C=O) groups is 2. The average Bonchev–Trinajstić information content (AvgIpc) is 3.27. The average molecular weight is 572 g/mol. The number of Topliss-reactive ketones (excluding diaryl/α,β-unsaturated/α-hetero) is 1. The molecule has 2 heterocycles. The third-order valence-electron chi connectivity index (χ3n) is 7.43. The molecule has 0 radical (unpaired) electrons. The number of aliphatic hydroxyl groups is 1. The number of likely N-dealkylation sites (tertiary alicyclic amines) is 1. The maximum atomic E-state index is 13.6. The Morgan fingerprint density at radius 3 is 2.45 bits per heavy atom. The lowest BCUT2D eigenvalue weighted by Gasteiger charge is -2.26. The van der Waals surface area contributed by atoms with Crippen molar-refractivity contribution in [2.75, 3.05) is 33.0 Å². The molecule has 8 heteroatoms. The number of hydrogen-bond donors (Lipinski definition) is 1. The second-order valence-corrected chi connectivity index (χ2v) is 10.3. The molecule has 2 aliphatic rings. The van der Waals surface area contributed by atoms with E-state index in [4.69, 9.17) is 18.9 Å². The maximum Gasteiger partial charge on any atom is 0.295 e. The van der Waals surface area contributed by atoms with Gasteiger partial charge in [-0.05, 0) is 61.2 Å². The first-order valence-electron chi connectivity index (χ1n) is 14.6. The Hall–Kier alpha value is -4.46. The lowest BCUT2D eigenvalue weighted by Crippen LogP contribution is -2.31. The van der Waals surface area contributed by atoms with Gasteiger partial charge in [0.1, 0.15) is 19.0 Å². The van der Waals surface area contributed by atoms with Crippen molar-refractivity contribution < 1.29 is 33.6 Å². The zero-order valence-electron chi connectivity index (χ0n) is 24.1. The lowest BCUT2D eigenvalue weighted by molar-refractivity contribution is -0.139. The molecule has 3 aromatic rings. The van der Waals surface area contributed by atoms with Gasteiger partial charge in [0, 0.05) is 12.1 Å². The van der Waals surface area contributed by atoms with Gasteiger partial charge in [-0.15, -0.1) is 0 Å². The molecule has 0 unspecified atom stereocenters. The highest BCUT2D eigenvalue weighted by Gasteiger charge is 2.46. The summed E-state index contributed by atoms with van der Waals surface area (Å²) in [5.74, 6) is 0.503. The summed E-state index contributed by atoms with van der Waals surface area (Å²) in [4.78, 5) is 28.6. The Balaban J connectivity index is 1.56.